The highest BCUT2D eigenvalue weighted by molar-refractivity contribution is 5.87. The molecule has 0 aliphatic rings. The molecule has 1 aromatic carbocycles. The number of benzene rings is 1. The summed E-state index contributed by atoms with van der Waals surface area (Å²) < 4.78 is 0. The first-order valence-corrected chi connectivity index (χ1v) is 6.14. The minimum Gasteiger partial charge on any atom is -0.478 e. The number of rotatable bonds is 5. The number of aromatic carboxylic acids is 1. The molecule has 0 spiro atoms. The fraction of sp³-hybridized carbons (Fsp3) is 0.200. The van der Waals surface area contributed by atoms with Gasteiger partial charge in [0.2, 0.25) is 0 Å². The summed E-state index contributed by atoms with van der Waals surface area (Å²) in [6.07, 6.45) is 2.63. The zero-order valence-corrected chi connectivity index (χ0v) is 10.8. The van der Waals surface area contributed by atoms with Gasteiger partial charge >= 0.3 is 5.97 Å². The van der Waals surface area contributed by atoms with Gasteiger partial charge in [-0.1, -0.05) is 12.1 Å². The highest BCUT2D eigenvalue weighted by atomic mass is 16.4. The Hall–Kier alpha value is -2.36. The number of anilines is 1. The van der Waals surface area contributed by atoms with Gasteiger partial charge in [-0.2, -0.15) is 0 Å². The van der Waals surface area contributed by atoms with Crippen LogP contribution in [0, 0.1) is 6.92 Å². The van der Waals surface area contributed by atoms with E-state index in [2.05, 4.69) is 10.3 Å². The number of carbonyl (C=O) groups is 1. The Morgan fingerprint density at radius 2 is 2.00 bits per heavy atom. The van der Waals surface area contributed by atoms with Crippen LogP contribution in [0.3, 0.4) is 0 Å². The minimum absolute atomic E-state index is 0.321. The third-order valence-corrected chi connectivity index (χ3v) is 2.84. The van der Waals surface area contributed by atoms with E-state index in [9.17, 15) is 4.79 Å². The molecule has 4 nitrogen and oxygen atoms in total. The Balaban J connectivity index is 1.87. The van der Waals surface area contributed by atoms with Gasteiger partial charge in [0.25, 0.3) is 0 Å². The molecule has 2 N–H and O–H groups in total. The number of carboxylic acids is 1. The maximum atomic E-state index is 10.7. The van der Waals surface area contributed by atoms with Crippen molar-refractivity contribution in [2.75, 3.05) is 11.9 Å². The summed E-state index contributed by atoms with van der Waals surface area (Å²) in [5.74, 6) is -0.892. The van der Waals surface area contributed by atoms with Gasteiger partial charge in [-0.05, 0) is 43.2 Å². The van der Waals surface area contributed by atoms with Crippen molar-refractivity contribution in [1.82, 2.24) is 4.98 Å². The second kappa shape index (κ2) is 6.00. The predicted molar refractivity (Wildman–Crippen MR) is 74.6 cm³/mol. The van der Waals surface area contributed by atoms with Crippen LogP contribution in [0.5, 0.6) is 0 Å². The Morgan fingerprint density at radius 3 is 2.63 bits per heavy atom. The first-order valence-electron chi connectivity index (χ1n) is 6.14. The average molecular weight is 256 g/mol. The molecule has 0 atom stereocenters. The molecule has 19 heavy (non-hydrogen) atoms. The minimum atomic E-state index is -0.892. The maximum Gasteiger partial charge on any atom is 0.335 e. The van der Waals surface area contributed by atoms with Crippen LogP contribution in [0.1, 0.15) is 21.6 Å². The Kier molecular flexibility index (Phi) is 4.13. The van der Waals surface area contributed by atoms with Crippen LogP contribution < -0.4 is 5.32 Å². The molecule has 0 radical (unpaired) electrons. The van der Waals surface area contributed by atoms with Crippen molar-refractivity contribution >= 4 is 11.7 Å². The molecule has 1 aromatic heterocycles. The Bertz CT molecular complexity index is 565. The van der Waals surface area contributed by atoms with Crippen molar-refractivity contribution < 1.29 is 9.90 Å². The number of hydrogen-bond donors (Lipinski definition) is 2. The molecular formula is C15H16N2O2. The zero-order chi connectivity index (χ0) is 13.7. The van der Waals surface area contributed by atoms with Gasteiger partial charge in [0.05, 0.1) is 5.56 Å². The Morgan fingerprint density at radius 1 is 1.26 bits per heavy atom. The van der Waals surface area contributed by atoms with E-state index in [1.165, 1.54) is 0 Å². The second-order valence-corrected chi connectivity index (χ2v) is 4.36. The second-order valence-electron chi connectivity index (χ2n) is 4.36. The number of aryl methyl sites for hydroxylation is 1. The molecule has 0 aliphatic heterocycles. The molecule has 0 unspecified atom stereocenters. The molecule has 1 heterocycles. The lowest BCUT2D eigenvalue weighted by atomic mass is 10.1. The normalized spacial score (nSPS) is 10.2. The Labute approximate surface area is 112 Å². The molecule has 0 saturated heterocycles. The van der Waals surface area contributed by atoms with Crippen molar-refractivity contribution in [3.63, 3.8) is 0 Å². The van der Waals surface area contributed by atoms with E-state index in [4.69, 9.17) is 5.11 Å². The number of nitrogens with one attached hydrogen (secondary N) is 1. The van der Waals surface area contributed by atoms with Crippen LogP contribution in [-0.4, -0.2) is 22.6 Å². The van der Waals surface area contributed by atoms with E-state index in [1.54, 1.807) is 18.3 Å². The van der Waals surface area contributed by atoms with Crippen LogP contribution in [0.4, 0.5) is 5.69 Å². The molecule has 0 fully saturated rings. The van der Waals surface area contributed by atoms with Gasteiger partial charge in [-0.3, -0.25) is 4.98 Å². The summed E-state index contributed by atoms with van der Waals surface area (Å²) in [4.78, 5) is 14.9. The monoisotopic (exact) mass is 256 g/mol. The number of aromatic nitrogens is 1. The van der Waals surface area contributed by atoms with E-state index < -0.39 is 5.97 Å². The van der Waals surface area contributed by atoms with Gasteiger partial charge in [0, 0.05) is 24.1 Å². The molecular weight excluding hydrogens is 240 g/mol. The molecule has 0 amide bonds. The van der Waals surface area contributed by atoms with E-state index >= 15 is 0 Å². The van der Waals surface area contributed by atoms with Gasteiger partial charge in [0.15, 0.2) is 0 Å². The molecule has 4 heteroatoms. The average Bonchev–Trinajstić information content (AvgIpc) is 2.39. The number of pyridine rings is 1. The largest absolute Gasteiger partial charge is 0.478 e. The topological polar surface area (TPSA) is 62.2 Å². The van der Waals surface area contributed by atoms with E-state index in [0.717, 1.165) is 29.9 Å². The maximum absolute atomic E-state index is 10.7. The van der Waals surface area contributed by atoms with Crippen molar-refractivity contribution in [3.05, 3.63) is 59.4 Å². The van der Waals surface area contributed by atoms with Gasteiger partial charge in [-0.15, -0.1) is 0 Å². The quantitative estimate of drug-likeness (QED) is 0.863. The SMILES string of the molecule is Cc1cc(NCCc2ccc(C(=O)O)cc2)ccn1. The van der Waals surface area contributed by atoms with Crippen molar-refractivity contribution in [2.24, 2.45) is 0 Å². The van der Waals surface area contributed by atoms with Crippen molar-refractivity contribution in [1.29, 1.82) is 0 Å². The first-order chi connectivity index (χ1) is 9.15. The molecule has 2 aromatic rings. The van der Waals surface area contributed by atoms with Crippen molar-refractivity contribution in [2.45, 2.75) is 13.3 Å². The van der Waals surface area contributed by atoms with Crippen LogP contribution in [0.2, 0.25) is 0 Å². The summed E-state index contributed by atoms with van der Waals surface area (Å²) in [6, 6.07) is 10.9. The summed E-state index contributed by atoms with van der Waals surface area (Å²) >= 11 is 0. The van der Waals surface area contributed by atoms with E-state index in [0.29, 0.717) is 5.56 Å². The summed E-state index contributed by atoms with van der Waals surface area (Å²) in [6.45, 7) is 2.76. The van der Waals surface area contributed by atoms with Crippen LogP contribution in [0.25, 0.3) is 0 Å². The van der Waals surface area contributed by atoms with E-state index in [-0.39, 0.29) is 0 Å². The lowest BCUT2D eigenvalue weighted by molar-refractivity contribution is 0.0697. The fourth-order valence-electron chi connectivity index (χ4n) is 1.82. The van der Waals surface area contributed by atoms with Gasteiger partial charge in [0.1, 0.15) is 0 Å². The molecule has 98 valence electrons. The smallest absolute Gasteiger partial charge is 0.335 e. The summed E-state index contributed by atoms with van der Waals surface area (Å²) in [5.41, 5.74) is 3.47. The first kappa shape index (κ1) is 13.1. The van der Waals surface area contributed by atoms with E-state index in [1.807, 2.05) is 31.2 Å². The third-order valence-electron chi connectivity index (χ3n) is 2.84. The van der Waals surface area contributed by atoms with Gasteiger partial charge < -0.3 is 10.4 Å². The molecule has 0 aliphatic carbocycles. The van der Waals surface area contributed by atoms with Crippen LogP contribution >= 0.6 is 0 Å². The van der Waals surface area contributed by atoms with Crippen LogP contribution in [-0.2, 0) is 6.42 Å². The summed E-state index contributed by atoms with van der Waals surface area (Å²) in [7, 11) is 0. The highest BCUT2D eigenvalue weighted by Gasteiger charge is 2.01. The predicted octanol–water partition coefficient (Wildman–Crippen LogP) is 2.74. The summed E-state index contributed by atoms with van der Waals surface area (Å²) in [5, 5.41) is 12.1. The molecule has 0 saturated carbocycles. The molecule has 2 rings (SSSR count). The van der Waals surface area contributed by atoms with Gasteiger partial charge in [-0.25, -0.2) is 4.79 Å². The number of nitrogens with zero attached hydrogens (tertiary/aromatic N) is 1. The lowest BCUT2D eigenvalue weighted by Gasteiger charge is -2.07. The van der Waals surface area contributed by atoms with Crippen molar-refractivity contribution in [3.8, 4) is 0 Å². The lowest BCUT2D eigenvalue weighted by Crippen LogP contribution is -2.05. The zero-order valence-electron chi connectivity index (χ0n) is 10.8. The highest BCUT2D eigenvalue weighted by Crippen LogP contribution is 2.09. The fourth-order valence-corrected chi connectivity index (χ4v) is 1.82. The standard InChI is InChI=1S/C15H16N2O2/c1-11-10-14(7-9-16-11)17-8-6-12-2-4-13(5-3-12)15(18)19/h2-5,7,9-10H,6,8H2,1H3,(H,16,17)(H,18,19). The number of hydrogen-bond acceptors (Lipinski definition) is 3. The van der Waals surface area contributed by atoms with Crippen LogP contribution in [0.15, 0.2) is 42.6 Å². The third kappa shape index (κ3) is 3.81. The number of carboxylic acid groups (broad SMARTS) is 1. The molecule has 0 bridgehead atoms.